The summed E-state index contributed by atoms with van der Waals surface area (Å²) in [5.41, 5.74) is 0. The predicted molar refractivity (Wildman–Crippen MR) is 53.6 cm³/mol. The van der Waals surface area contributed by atoms with Crippen molar-refractivity contribution in [2.24, 2.45) is 7.05 Å². The van der Waals surface area contributed by atoms with Crippen LogP contribution in [-0.2, 0) is 7.05 Å². The van der Waals surface area contributed by atoms with Gasteiger partial charge in [0.1, 0.15) is 6.33 Å². The van der Waals surface area contributed by atoms with Gasteiger partial charge in [0.05, 0.1) is 0 Å². The normalized spacial score (nSPS) is 22.1. The molecule has 1 atom stereocenters. The molecule has 0 saturated carbocycles. The van der Waals surface area contributed by atoms with E-state index in [9.17, 15) is 0 Å². The van der Waals surface area contributed by atoms with E-state index in [1.807, 2.05) is 11.7 Å². The van der Waals surface area contributed by atoms with E-state index in [1.54, 1.807) is 18.1 Å². The Morgan fingerprint density at radius 3 is 3.15 bits per heavy atom. The molecule has 1 aliphatic rings. The fourth-order valence-corrected chi connectivity index (χ4v) is 2.46. The highest BCUT2D eigenvalue weighted by Crippen LogP contribution is 2.27. The molecule has 0 saturated heterocycles. The van der Waals surface area contributed by atoms with E-state index in [1.165, 1.54) is 19.3 Å². The summed E-state index contributed by atoms with van der Waals surface area (Å²) in [5.74, 6) is 0. The van der Waals surface area contributed by atoms with Crippen LogP contribution in [0.1, 0.15) is 19.3 Å². The Morgan fingerprint density at radius 2 is 2.54 bits per heavy atom. The van der Waals surface area contributed by atoms with Crippen LogP contribution in [0.4, 0.5) is 0 Å². The lowest BCUT2D eigenvalue weighted by atomic mass is 10.1. The van der Waals surface area contributed by atoms with Gasteiger partial charge < -0.3 is 0 Å². The zero-order chi connectivity index (χ0) is 9.10. The fraction of sp³-hybridized carbons (Fsp3) is 0.556. The van der Waals surface area contributed by atoms with Crippen molar-refractivity contribution in [1.29, 1.82) is 0 Å². The third kappa shape index (κ3) is 2.12. The first-order valence-electron chi connectivity index (χ1n) is 4.53. The SMILES string of the molecule is Cn1ncnc1SC1C=CCCC1. The molecule has 0 radical (unpaired) electrons. The zero-order valence-electron chi connectivity index (χ0n) is 7.68. The molecule has 13 heavy (non-hydrogen) atoms. The van der Waals surface area contributed by atoms with E-state index in [-0.39, 0.29) is 0 Å². The van der Waals surface area contributed by atoms with Crippen molar-refractivity contribution in [2.75, 3.05) is 0 Å². The van der Waals surface area contributed by atoms with Gasteiger partial charge in [-0.3, -0.25) is 0 Å². The van der Waals surface area contributed by atoms with Crippen molar-refractivity contribution >= 4 is 11.8 Å². The van der Waals surface area contributed by atoms with Gasteiger partial charge in [0, 0.05) is 12.3 Å². The number of allylic oxidation sites excluding steroid dienone is 1. The number of nitrogens with zero attached hydrogens (tertiary/aromatic N) is 3. The fourth-order valence-electron chi connectivity index (χ4n) is 1.41. The van der Waals surface area contributed by atoms with Crippen LogP contribution < -0.4 is 0 Å². The highest BCUT2D eigenvalue weighted by atomic mass is 32.2. The van der Waals surface area contributed by atoms with Crippen LogP contribution in [0.2, 0.25) is 0 Å². The van der Waals surface area contributed by atoms with Crippen molar-refractivity contribution < 1.29 is 0 Å². The van der Waals surface area contributed by atoms with Crippen LogP contribution in [0.25, 0.3) is 0 Å². The molecule has 0 aromatic carbocycles. The molecule has 1 aromatic rings. The van der Waals surface area contributed by atoms with E-state index in [4.69, 9.17) is 0 Å². The summed E-state index contributed by atoms with van der Waals surface area (Å²) in [6, 6.07) is 0. The Bertz CT molecular complexity index is 306. The van der Waals surface area contributed by atoms with Gasteiger partial charge in [0.15, 0.2) is 5.16 Å². The van der Waals surface area contributed by atoms with Crippen molar-refractivity contribution in [3.05, 3.63) is 18.5 Å². The number of aryl methyl sites for hydroxylation is 1. The maximum absolute atomic E-state index is 4.19. The standard InChI is InChI=1S/C9H13N3S/c1-12-9(10-7-11-12)13-8-5-3-2-4-6-8/h3,5,7-8H,2,4,6H2,1H3. The van der Waals surface area contributed by atoms with E-state index < -0.39 is 0 Å². The number of rotatable bonds is 2. The van der Waals surface area contributed by atoms with E-state index in [0.717, 1.165) is 5.16 Å². The van der Waals surface area contributed by atoms with Gasteiger partial charge in [-0.05, 0) is 19.3 Å². The quantitative estimate of drug-likeness (QED) is 0.676. The van der Waals surface area contributed by atoms with Gasteiger partial charge >= 0.3 is 0 Å². The molecule has 1 heterocycles. The smallest absolute Gasteiger partial charge is 0.186 e. The minimum absolute atomic E-state index is 0.594. The minimum Gasteiger partial charge on any atom is -0.244 e. The minimum atomic E-state index is 0.594. The molecule has 1 aliphatic carbocycles. The molecule has 0 bridgehead atoms. The third-order valence-corrected chi connectivity index (χ3v) is 3.41. The number of aromatic nitrogens is 3. The summed E-state index contributed by atoms with van der Waals surface area (Å²) in [7, 11) is 1.93. The monoisotopic (exact) mass is 195 g/mol. The summed E-state index contributed by atoms with van der Waals surface area (Å²) in [5, 5.41) is 5.65. The summed E-state index contributed by atoms with van der Waals surface area (Å²) < 4.78 is 1.83. The average Bonchev–Trinajstić information content (AvgIpc) is 2.54. The van der Waals surface area contributed by atoms with Crippen molar-refractivity contribution in [1.82, 2.24) is 14.8 Å². The van der Waals surface area contributed by atoms with E-state index in [2.05, 4.69) is 22.2 Å². The lowest BCUT2D eigenvalue weighted by molar-refractivity contribution is 0.678. The van der Waals surface area contributed by atoms with Crippen molar-refractivity contribution in [2.45, 2.75) is 29.7 Å². The van der Waals surface area contributed by atoms with Crippen LogP contribution >= 0.6 is 11.8 Å². The first-order valence-corrected chi connectivity index (χ1v) is 5.41. The highest BCUT2D eigenvalue weighted by molar-refractivity contribution is 7.99. The lowest BCUT2D eigenvalue weighted by Gasteiger charge is -2.14. The summed E-state index contributed by atoms with van der Waals surface area (Å²) in [4.78, 5) is 4.19. The molecule has 0 aliphatic heterocycles. The molecule has 0 N–H and O–H groups in total. The van der Waals surface area contributed by atoms with Crippen LogP contribution in [0, 0.1) is 0 Å². The van der Waals surface area contributed by atoms with Gasteiger partial charge in [-0.25, -0.2) is 9.67 Å². The molecule has 0 spiro atoms. The Morgan fingerprint density at radius 1 is 1.62 bits per heavy atom. The Hall–Kier alpha value is -0.770. The van der Waals surface area contributed by atoms with Gasteiger partial charge in [-0.1, -0.05) is 23.9 Å². The first-order chi connectivity index (χ1) is 6.36. The number of thioether (sulfide) groups is 1. The van der Waals surface area contributed by atoms with Crippen LogP contribution in [-0.4, -0.2) is 20.0 Å². The highest BCUT2D eigenvalue weighted by Gasteiger charge is 2.12. The summed E-state index contributed by atoms with van der Waals surface area (Å²) in [6.07, 6.45) is 9.94. The first kappa shape index (κ1) is 8.81. The Kier molecular flexibility index (Phi) is 2.68. The van der Waals surface area contributed by atoms with Gasteiger partial charge in [0.2, 0.25) is 0 Å². The average molecular weight is 195 g/mol. The van der Waals surface area contributed by atoms with Crippen molar-refractivity contribution in [3.63, 3.8) is 0 Å². The second-order valence-electron chi connectivity index (χ2n) is 3.18. The molecule has 3 nitrogen and oxygen atoms in total. The summed E-state index contributed by atoms with van der Waals surface area (Å²) in [6.45, 7) is 0. The summed E-state index contributed by atoms with van der Waals surface area (Å²) >= 11 is 1.80. The largest absolute Gasteiger partial charge is 0.244 e. The predicted octanol–water partition coefficient (Wildman–Crippen LogP) is 2.02. The van der Waals surface area contributed by atoms with Crippen LogP contribution in [0.3, 0.4) is 0 Å². The molecule has 70 valence electrons. The van der Waals surface area contributed by atoms with Crippen molar-refractivity contribution in [3.8, 4) is 0 Å². The molecule has 0 fully saturated rings. The van der Waals surface area contributed by atoms with E-state index >= 15 is 0 Å². The molecular weight excluding hydrogens is 182 g/mol. The third-order valence-electron chi connectivity index (χ3n) is 2.14. The molecule has 1 aromatic heterocycles. The molecule has 0 amide bonds. The molecule has 2 rings (SSSR count). The van der Waals surface area contributed by atoms with Gasteiger partial charge in [0.25, 0.3) is 0 Å². The maximum Gasteiger partial charge on any atom is 0.186 e. The maximum atomic E-state index is 4.19. The lowest BCUT2D eigenvalue weighted by Crippen LogP contribution is -2.04. The second-order valence-corrected chi connectivity index (χ2v) is 4.39. The number of hydrogen-bond acceptors (Lipinski definition) is 3. The Labute approximate surface area is 82.2 Å². The molecular formula is C9H13N3S. The topological polar surface area (TPSA) is 30.7 Å². The second kappa shape index (κ2) is 3.96. The van der Waals surface area contributed by atoms with E-state index in [0.29, 0.717) is 5.25 Å². The molecule has 1 unspecified atom stereocenters. The number of hydrogen-bond donors (Lipinski definition) is 0. The molecule has 4 heteroatoms. The zero-order valence-corrected chi connectivity index (χ0v) is 8.50. The van der Waals surface area contributed by atoms with Crippen LogP contribution in [0.5, 0.6) is 0 Å². The van der Waals surface area contributed by atoms with Gasteiger partial charge in [-0.15, -0.1) is 0 Å². The van der Waals surface area contributed by atoms with Gasteiger partial charge in [-0.2, -0.15) is 5.10 Å². The Balaban J connectivity index is 2.01. The van der Waals surface area contributed by atoms with Crippen LogP contribution in [0.15, 0.2) is 23.6 Å².